The van der Waals surface area contributed by atoms with Crippen LogP contribution in [0.2, 0.25) is 0 Å². The van der Waals surface area contributed by atoms with Crippen LogP contribution in [0.15, 0.2) is 36.1 Å². The first-order chi connectivity index (χ1) is 7.77. The summed E-state index contributed by atoms with van der Waals surface area (Å²) in [6.07, 6.45) is 4.53. The second-order valence-electron chi connectivity index (χ2n) is 3.02. The first kappa shape index (κ1) is 10.6. The van der Waals surface area contributed by atoms with Gasteiger partial charge in [0.05, 0.1) is 6.20 Å². The van der Waals surface area contributed by atoms with E-state index in [1.54, 1.807) is 6.07 Å². The predicted molar refractivity (Wildman–Crippen MR) is 60.4 cm³/mol. The highest BCUT2D eigenvalue weighted by molar-refractivity contribution is 7.10. The number of aliphatic carboxylic acids is 1. The number of nitrogens with zero attached hydrogens (tertiary/aromatic N) is 2. The third-order valence-corrected chi connectivity index (χ3v) is 2.87. The zero-order valence-electron chi connectivity index (χ0n) is 8.20. The van der Waals surface area contributed by atoms with Crippen molar-refractivity contribution in [2.24, 2.45) is 0 Å². The Morgan fingerprint density at radius 1 is 1.50 bits per heavy atom. The van der Waals surface area contributed by atoms with E-state index in [0.717, 1.165) is 4.88 Å². The summed E-state index contributed by atoms with van der Waals surface area (Å²) in [5, 5.41) is 13.8. The van der Waals surface area contributed by atoms with Gasteiger partial charge in [0.15, 0.2) is 6.04 Å². The molecule has 0 saturated heterocycles. The second kappa shape index (κ2) is 4.71. The Bertz CT molecular complexity index is 458. The predicted octanol–water partition coefficient (Wildman–Crippen LogP) is 1.78. The van der Waals surface area contributed by atoms with Gasteiger partial charge in [0, 0.05) is 17.3 Å². The molecule has 0 aliphatic heterocycles. The Labute approximate surface area is 95.8 Å². The highest BCUT2D eigenvalue weighted by Gasteiger charge is 2.20. The van der Waals surface area contributed by atoms with Crippen molar-refractivity contribution in [3.8, 4) is 0 Å². The Hall–Kier alpha value is -1.95. The fourth-order valence-corrected chi connectivity index (χ4v) is 2.00. The normalized spacial score (nSPS) is 12.0. The van der Waals surface area contributed by atoms with E-state index < -0.39 is 12.0 Å². The minimum absolute atomic E-state index is 0.448. The molecule has 1 atom stereocenters. The van der Waals surface area contributed by atoms with Crippen LogP contribution >= 0.6 is 11.3 Å². The Morgan fingerprint density at radius 2 is 2.38 bits per heavy atom. The first-order valence-electron chi connectivity index (χ1n) is 4.56. The minimum Gasteiger partial charge on any atom is -0.479 e. The Balaban J connectivity index is 2.19. The van der Waals surface area contributed by atoms with Gasteiger partial charge in [-0.25, -0.2) is 9.78 Å². The molecule has 0 aromatic carbocycles. The molecular weight excluding hydrogens is 226 g/mol. The number of carboxylic acid groups (broad SMARTS) is 1. The van der Waals surface area contributed by atoms with Crippen LogP contribution in [0, 0.1) is 0 Å². The number of carboxylic acids is 1. The van der Waals surface area contributed by atoms with Crippen LogP contribution in [-0.2, 0) is 4.79 Å². The lowest BCUT2D eigenvalue weighted by atomic mass is 10.2. The number of carbonyl (C=O) groups is 1. The van der Waals surface area contributed by atoms with Crippen molar-refractivity contribution >= 4 is 23.1 Å². The Morgan fingerprint density at radius 3 is 2.94 bits per heavy atom. The molecule has 0 fully saturated rings. The third-order valence-electron chi connectivity index (χ3n) is 1.93. The van der Waals surface area contributed by atoms with Crippen LogP contribution in [0.3, 0.4) is 0 Å². The lowest BCUT2D eigenvalue weighted by Crippen LogP contribution is -2.20. The number of thiophene rings is 1. The van der Waals surface area contributed by atoms with Crippen molar-refractivity contribution in [2.45, 2.75) is 6.04 Å². The van der Waals surface area contributed by atoms with Gasteiger partial charge in [-0.1, -0.05) is 6.07 Å². The van der Waals surface area contributed by atoms with Gasteiger partial charge < -0.3 is 10.4 Å². The molecule has 2 heterocycles. The molecule has 82 valence electrons. The van der Waals surface area contributed by atoms with E-state index in [1.165, 1.54) is 29.9 Å². The maximum Gasteiger partial charge on any atom is 0.331 e. The van der Waals surface area contributed by atoms with E-state index in [0.29, 0.717) is 5.82 Å². The molecular formula is C10H9N3O2S. The lowest BCUT2D eigenvalue weighted by molar-refractivity contribution is -0.138. The molecule has 1 unspecified atom stereocenters. The molecule has 0 saturated carbocycles. The monoisotopic (exact) mass is 235 g/mol. The van der Waals surface area contributed by atoms with Crippen LogP contribution < -0.4 is 5.32 Å². The smallest absolute Gasteiger partial charge is 0.331 e. The highest BCUT2D eigenvalue weighted by Crippen LogP contribution is 2.22. The molecule has 0 aliphatic rings. The quantitative estimate of drug-likeness (QED) is 0.844. The SMILES string of the molecule is O=C(O)C(Nc1cnccn1)c1cccs1. The number of anilines is 1. The van der Waals surface area contributed by atoms with E-state index in [1.807, 2.05) is 11.4 Å². The largest absolute Gasteiger partial charge is 0.479 e. The van der Waals surface area contributed by atoms with E-state index in [9.17, 15) is 4.79 Å². The van der Waals surface area contributed by atoms with E-state index in [-0.39, 0.29) is 0 Å². The summed E-state index contributed by atoms with van der Waals surface area (Å²) in [5.41, 5.74) is 0. The summed E-state index contributed by atoms with van der Waals surface area (Å²) in [4.78, 5) is 19.7. The average molecular weight is 235 g/mol. The van der Waals surface area contributed by atoms with Crippen LogP contribution in [0.5, 0.6) is 0 Å². The number of nitrogens with one attached hydrogen (secondary N) is 1. The first-order valence-corrected chi connectivity index (χ1v) is 5.44. The number of rotatable bonds is 4. The van der Waals surface area contributed by atoms with Crippen molar-refractivity contribution in [3.63, 3.8) is 0 Å². The molecule has 0 aliphatic carbocycles. The van der Waals surface area contributed by atoms with E-state index in [2.05, 4.69) is 15.3 Å². The van der Waals surface area contributed by atoms with Crippen molar-refractivity contribution in [3.05, 3.63) is 41.0 Å². The number of hydrogen-bond donors (Lipinski definition) is 2. The second-order valence-corrected chi connectivity index (χ2v) is 4.00. The van der Waals surface area contributed by atoms with Gasteiger partial charge in [0.1, 0.15) is 5.82 Å². The minimum atomic E-state index is -0.937. The fourth-order valence-electron chi connectivity index (χ4n) is 1.23. The molecule has 2 N–H and O–H groups in total. The van der Waals surface area contributed by atoms with Gasteiger partial charge in [0.2, 0.25) is 0 Å². The molecule has 6 heteroatoms. The molecule has 5 nitrogen and oxygen atoms in total. The van der Waals surface area contributed by atoms with Gasteiger partial charge in [-0.15, -0.1) is 11.3 Å². The van der Waals surface area contributed by atoms with Gasteiger partial charge in [-0.2, -0.15) is 0 Å². The standard InChI is InChI=1S/C10H9N3O2S/c14-10(15)9(7-2-1-5-16-7)13-8-6-11-3-4-12-8/h1-6,9H,(H,12,13)(H,14,15). The van der Waals surface area contributed by atoms with Crippen molar-refractivity contribution < 1.29 is 9.90 Å². The maximum atomic E-state index is 11.1. The molecule has 0 amide bonds. The van der Waals surface area contributed by atoms with Crippen molar-refractivity contribution in [2.75, 3.05) is 5.32 Å². The zero-order chi connectivity index (χ0) is 11.4. The fraction of sp³-hybridized carbons (Fsp3) is 0.100. The maximum absolute atomic E-state index is 11.1. The van der Waals surface area contributed by atoms with Gasteiger partial charge in [-0.3, -0.25) is 4.98 Å². The van der Waals surface area contributed by atoms with Crippen LogP contribution in [0.25, 0.3) is 0 Å². The molecule has 0 bridgehead atoms. The molecule has 0 radical (unpaired) electrons. The van der Waals surface area contributed by atoms with Crippen LogP contribution in [0.1, 0.15) is 10.9 Å². The van der Waals surface area contributed by atoms with Crippen LogP contribution in [-0.4, -0.2) is 21.0 Å². The van der Waals surface area contributed by atoms with Gasteiger partial charge in [0.25, 0.3) is 0 Å². The van der Waals surface area contributed by atoms with E-state index in [4.69, 9.17) is 5.11 Å². The summed E-state index contributed by atoms with van der Waals surface area (Å²) in [5.74, 6) is -0.489. The van der Waals surface area contributed by atoms with Crippen LogP contribution in [0.4, 0.5) is 5.82 Å². The van der Waals surface area contributed by atoms with Crippen molar-refractivity contribution in [1.82, 2.24) is 9.97 Å². The molecule has 0 spiro atoms. The topological polar surface area (TPSA) is 75.1 Å². The Kier molecular flexibility index (Phi) is 3.11. The van der Waals surface area contributed by atoms with Gasteiger partial charge in [-0.05, 0) is 11.4 Å². The average Bonchev–Trinajstić information content (AvgIpc) is 2.80. The summed E-state index contributed by atoms with van der Waals surface area (Å²) in [7, 11) is 0. The lowest BCUT2D eigenvalue weighted by Gasteiger charge is -2.12. The molecule has 2 rings (SSSR count). The summed E-state index contributed by atoms with van der Waals surface area (Å²) < 4.78 is 0. The molecule has 2 aromatic heterocycles. The third kappa shape index (κ3) is 2.34. The summed E-state index contributed by atoms with van der Waals surface area (Å²) in [6, 6.07) is 2.80. The summed E-state index contributed by atoms with van der Waals surface area (Å²) >= 11 is 1.39. The molecule has 16 heavy (non-hydrogen) atoms. The zero-order valence-corrected chi connectivity index (χ0v) is 9.02. The highest BCUT2D eigenvalue weighted by atomic mass is 32.1. The number of hydrogen-bond acceptors (Lipinski definition) is 5. The van der Waals surface area contributed by atoms with E-state index >= 15 is 0 Å². The molecule has 2 aromatic rings. The van der Waals surface area contributed by atoms with Gasteiger partial charge >= 0.3 is 5.97 Å². The van der Waals surface area contributed by atoms with Crippen molar-refractivity contribution in [1.29, 1.82) is 0 Å². The summed E-state index contributed by atoms with van der Waals surface area (Å²) in [6.45, 7) is 0. The number of aromatic nitrogens is 2.